The van der Waals surface area contributed by atoms with Gasteiger partial charge in [0.15, 0.2) is 6.10 Å². The van der Waals surface area contributed by atoms with Gasteiger partial charge in [-0.05, 0) is 12.8 Å². The van der Waals surface area contributed by atoms with Crippen molar-refractivity contribution in [3.05, 3.63) is 0 Å². The van der Waals surface area contributed by atoms with E-state index in [4.69, 9.17) is 14.9 Å². The fraction of sp³-hybridized carbons (Fsp3) is 0.778. The Bertz CT molecular complexity index is 286. The van der Waals surface area contributed by atoms with Gasteiger partial charge in [-0.3, -0.25) is 4.79 Å². The number of carboxylic acid groups (broad SMARTS) is 1. The van der Waals surface area contributed by atoms with Gasteiger partial charge in [0.2, 0.25) is 0 Å². The van der Waals surface area contributed by atoms with Gasteiger partial charge in [0.25, 0.3) is 5.91 Å². The number of β-amino-alcohol motifs (C(OH)–C–C–N with tert-alkyl or cyclic N) is 1. The number of rotatable bonds is 2. The van der Waals surface area contributed by atoms with E-state index in [0.29, 0.717) is 25.9 Å². The zero-order valence-electron chi connectivity index (χ0n) is 8.13. The summed E-state index contributed by atoms with van der Waals surface area (Å²) in [4.78, 5) is 23.7. The summed E-state index contributed by atoms with van der Waals surface area (Å²) < 4.78 is 5.10. The molecule has 0 spiro atoms. The second-order valence-corrected chi connectivity index (χ2v) is 3.93. The molecule has 2 aliphatic heterocycles. The van der Waals surface area contributed by atoms with Gasteiger partial charge in [0.1, 0.15) is 6.10 Å². The van der Waals surface area contributed by atoms with Crippen molar-refractivity contribution in [1.82, 2.24) is 4.90 Å². The number of aliphatic hydroxyl groups is 1. The van der Waals surface area contributed by atoms with Crippen molar-refractivity contribution in [2.75, 3.05) is 13.1 Å². The van der Waals surface area contributed by atoms with Crippen LogP contribution in [0, 0.1) is 0 Å². The highest BCUT2D eigenvalue weighted by Crippen LogP contribution is 2.23. The molecular weight excluding hydrogens is 202 g/mol. The van der Waals surface area contributed by atoms with Crippen LogP contribution in [-0.4, -0.2) is 58.4 Å². The summed E-state index contributed by atoms with van der Waals surface area (Å²) in [5, 5.41) is 17.7. The van der Waals surface area contributed by atoms with Crippen LogP contribution in [0.1, 0.15) is 12.8 Å². The molecule has 2 atom stereocenters. The Labute approximate surface area is 86.4 Å². The standard InChI is InChI=1S/C9H13NO5/c11-5-3-10(4-5)8(12)6-1-2-7(15-6)9(13)14/h5-7,11H,1-4H2,(H,13,14). The Morgan fingerprint density at radius 1 is 1.20 bits per heavy atom. The van der Waals surface area contributed by atoms with Gasteiger partial charge in [-0.15, -0.1) is 0 Å². The highest BCUT2D eigenvalue weighted by atomic mass is 16.5. The molecule has 0 saturated carbocycles. The average molecular weight is 215 g/mol. The fourth-order valence-corrected chi connectivity index (χ4v) is 1.84. The van der Waals surface area contributed by atoms with Crippen LogP contribution in [0.5, 0.6) is 0 Å². The number of ether oxygens (including phenoxy) is 1. The van der Waals surface area contributed by atoms with Gasteiger partial charge < -0.3 is 19.8 Å². The van der Waals surface area contributed by atoms with Crippen molar-refractivity contribution in [1.29, 1.82) is 0 Å². The number of carboxylic acids is 1. The zero-order chi connectivity index (χ0) is 11.0. The van der Waals surface area contributed by atoms with Crippen LogP contribution in [0.4, 0.5) is 0 Å². The van der Waals surface area contributed by atoms with Crippen LogP contribution in [0.25, 0.3) is 0 Å². The first-order valence-corrected chi connectivity index (χ1v) is 4.93. The van der Waals surface area contributed by atoms with Gasteiger partial charge in [-0.1, -0.05) is 0 Å². The number of hydrogen-bond donors (Lipinski definition) is 2. The highest BCUT2D eigenvalue weighted by Gasteiger charge is 2.39. The summed E-state index contributed by atoms with van der Waals surface area (Å²) in [5.74, 6) is -1.22. The molecule has 0 aromatic rings. The minimum Gasteiger partial charge on any atom is -0.479 e. The second kappa shape index (κ2) is 3.79. The molecule has 2 N–H and O–H groups in total. The Morgan fingerprint density at radius 2 is 1.80 bits per heavy atom. The van der Waals surface area contributed by atoms with E-state index >= 15 is 0 Å². The van der Waals surface area contributed by atoms with Gasteiger partial charge >= 0.3 is 5.97 Å². The van der Waals surface area contributed by atoms with E-state index in [0.717, 1.165) is 0 Å². The van der Waals surface area contributed by atoms with Crippen LogP contribution in [0.3, 0.4) is 0 Å². The summed E-state index contributed by atoms with van der Waals surface area (Å²) in [6, 6.07) is 0. The lowest BCUT2D eigenvalue weighted by atomic mass is 10.1. The molecule has 2 fully saturated rings. The molecule has 6 heteroatoms. The molecule has 2 aliphatic rings. The predicted molar refractivity (Wildman–Crippen MR) is 48.1 cm³/mol. The number of hydrogen-bond acceptors (Lipinski definition) is 4. The first kappa shape index (κ1) is 10.4. The number of carbonyl (C=O) groups excluding carboxylic acids is 1. The Kier molecular flexibility index (Phi) is 2.62. The van der Waals surface area contributed by atoms with Crippen molar-refractivity contribution in [2.24, 2.45) is 0 Å². The maximum atomic E-state index is 11.6. The SMILES string of the molecule is O=C(O)C1CCC(C(=O)N2CC(O)C2)O1. The molecule has 2 saturated heterocycles. The number of amides is 1. The second-order valence-electron chi connectivity index (χ2n) is 3.93. The molecule has 84 valence electrons. The van der Waals surface area contributed by atoms with Crippen molar-refractivity contribution >= 4 is 11.9 Å². The Morgan fingerprint density at radius 3 is 2.27 bits per heavy atom. The molecule has 0 aromatic heterocycles. The van der Waals surface area contributed by atoms with Gasteiger partial charge in [-0.25, -0.2) is 4.79 Å². The van der Waals surface area contributed by atoms with Crippen LogP contribution >= 0.6 is 0 Å². The lowest BCUT2D eigenvalue weighted by Gasteiger charge is -2.37. The maximum absolute atomic E-state index is 11.6. The van der Waals surface area contributed by atoms with Gasteiger partial charge in [-0.2, -0.15) is 0 Å². The molecule has 0 aliphatic carbocycles. The molecule has 0 aromatic carbocycles. The monoisotopic (exact) mass is 215 g/mol. The summed E-state index contributed by atoms with van der Waals surface area (Å²) >= 11 is 0. The molecule has 2 unspecified atom stereocenters. The third kappa shape index (κ3) is 1.95. The average Bonchev–Trinajstić information content (AvgIpc) is 2.60. The zero-order valence-corrected chi connectivity index (χ0v) is 8.13. The Balaban J connectivity index is 1.85. The van der Waals surface area contributed by atoms with Crippen LogP contribution in [0.2, 0.25) is 0 Å². The molecule has 2 rings (SSSR count). The largest absolute Gasteiger partial charge is 0.479 e. The normalized spacial score (nSPS) is 31.4. The number of carbonyl (C=O) groups is 2. The first-order chi connectivity index (χ1) is 7.08. The van der Waals surface area contributed by atoms with E-state index in [9.17, 15) is 9.59 Å². The van der Waals surface area contributed by atoms with Crippen molar-refractivity contribution in [3.8, 4) is 0 Å². The smallest absolute Gasteiger partial charge is 0.332 e. The molecule has 6 nitrogen and oxygen atoms in total. The van der Waals surface area contributed by atoms with E-state index in [-0.39, 0.29) is 5.91 Å². The lowest BCUT2D eigenvalue weighted by molar-refractivity contribution is -0.159. The van der Waals surface area contributed by atoms with E-state index in [2.05, 4.69) is 0 Å². The van der Waals surface area contributed by atoms with Crippen molar-refractivity contribution in [2.45, 2.75) is 31.2 Å². The van der Waals surface area contributed by atoms with Crippen LogP contribution < -0.4 is 0 Å². The quantitative estimate of drug-likeness (QED) is 0.605. The van der Waals surface area contributed by atoms with E-state index < -0.39 is 24.3 Å². The molecule has 0 radical (unpaired) electrons. The van der Waals surface area contributed by atoms with E-state index in [1.807, 2.05) is 0 Å². The van der Waals surface area contributed by atoms with Gasteiger partial charge in [0, 0.05) is 13.1 Å². The predicted octanol–water partition coefficient (Wildman–Crippen LogP) is -1.18. The number of aliphatic carboxylic acids is 1. The molecular formula is C9H13NO5. The third-order valence-electron chi connectivity index (χ3n) is 2.74. The minimum atomic E-state index is -1.02. The summed E-state index contributed by atoms with van der Waals surface area (Å²) in [5.41, 5.74) is 0. The summed E-state index contributed by atoms with van der Waals surface area (Å²) in [6.07, 6.45) is -1.11. The van der Waals surface area contributed by atoms with Crippen molar-refractivity contribution < 1.29 is 24.5 Å². The number of aliphatic hydroxyl groups excluding tert-OH is 1. The first-order valence-electron chi connectivity index (χ1n) is 4.93. The van der Waals surface area contributed by atoms with Crippen molar-refractivity contribution in [3.63, 3.8) is 0 Å². The molecule has 0 bridgehead atoms. The third-order valence-corrected chi connectivity index (χ3v) is 2.74. The fourth-order valence-electron chi connectivity index (χ4n) is 1.84. The Hall–Kier alpha value is -1.14. The molecule has 1 amide bonds. The van der Waals surface area contributed by atoms with Crippen LogP contribution in [0.15, 0.2) is 0 Å². The highest BCUT2D eigenvalue weighted by molar-refractivity contribution is 5.83. The lowest BCUT2D eigenvalue weighted by Crippen LogP contribution is -2.56. The van der Waals surface area contributed by atoms with E-state index in [1.54, 1.807) is 0 Å². The topological polar surface area (TPSA) is 87.1 Å². The maximum Gasteiger partial charge on any atom is 0.332 e. The molecule has 15 heavy (non-hydrogen) atoms. The summed E-state index contributed by atoms with van der Waals surface area (Å²) in [7, 11) is 0. The number of likely N-dealkylation sites (tertiary alicyclic amines) is 1. The number of nitrogens with zero attached hydrogens (tertiary/aromatic N) is 1. The summed E-state index contributed by atoms with van der Waals surface area (Å²) in [6.45, 7) is 0.660. The molecule has 2 heterocycles. The minimum absolute atomic E-state index is 0.205. The van der Waals surface area contributed by atoms with Crippen LogP contribution in [-0.2, 0) is 14.3 Å². The van der Waals surface area contributed by atoms with E-state index in [1.165, 1.54) is 4.90 Å². The van der Waals surface area contributed by atoms with Gasteiger partial charge in [0.05, 0.1) is 6.10 Å².